The van der Waals surface area contributed by atoms with Crippen molar-refractivity contribution >= 4 is 10.9 Å². The molecule has 3 aromatic heterocycles. The molecule has 0 unspecified atom stereocenters. The number of pyridine rings is 1. The number of benzene rings is 1. The Kier molecular flexibility index (Phi) is 3.08. The van der Waals surface area contributed by atoms with Crippen molar-refractivity contribution in [2.75, 3.05) is 0 Å². The van der Waals surface area contributed by atoms with Crippen LogP contribution in [0.3, 0.4) is 0 Å². The van der Waals surface area contributed by atoms with Crippen LogP contribution in [0.5, 0.6) is 0 Å². The largest absolute Gasteiger partial charge is 0.329 e. The summed E-state index contributed by atoms with van der Waals surface area (Å²) >= 11 is 0. The summed E-state index contributed by atoms with van der Waals surface area (Å²) in [6.45, 7) is 2.57. The Hall–Kier alpha value is -3.15. The van der Waals surface area contributed by atoms with E-state index in [0.717, 1.165) is 22.3 Å². The van der Waals surface area contributed by atoms with Gasteiger partial charge < -0.3 is 9.55 Å². The van der Waals surface area contributed by atoms with E-state index in [2.05, 4.69) is 20.2 Å². The zero-order valence-electron chi connectivity index (χ0n) is 12.6. The summed E-state index contributed by atoms with van der Waals surface area (Å²) in [5.41, 5.74) is 3.89. The Morgan fingerprint density at radius 3 is 2.83 bits per heavy atom. The van der Waals surface area contributed by atoms with Crippen molar-refractivity contribution in [1.29, 1.82) is 0 Å². The number of H-pyrrole nitrogens is 2. The van der Waals surface area contributed by atoms with Crippen LogP contribution in [0.4, 0.5) is 0 Å². The van der Waals surface area contributed by atoms with Crippen LogP contribution in [0.2, 0.25) is 0 Å². The predicted octanol–water partition coefficient (Wildman–Crippen LogP) is 2.47. The molecule has 0 atom stereocenters. The van der Waals surface area contributed by atoms with Crippen LogP contribution >= 0.6 is 0 Å². The van der Waals surface area contributed by atoms with E-state index in [-0.39, 0.29) is 5.56 Å². The van der Waals surface area contributed by atoms with Crippen LogP contribution in [0.25, 0.3) is 22.2 Å². The first-order valence-corrected chi connectivity index (χ1v) is 7.35. The van der Waals surface area contributed by atoms with Crippen LogP contribution in [0.1, 0.15) is 11.4 Å². The quantitative estimate of drug-likeness (QED) is 0.610. The molecule has 0 radical (unpaired) electrons. The number of nitrogens with zero attached hydrogens (tertiary/aromatic N) is 3. The summed E-state index contributed by atoms with van der Waals surface area (Å²) in [6, 6.07) is 11.5. The van der Waals surface area contributed by atoms with Crippen LogP contribution in [0.15, 0.2) is 53.7 Å². The lowest BCUT2D eigenvalue weighted by atomic mass is 10.1. The van der Waals surface area contributed by atoms with Gasteiger partial charge in [-0.25, -0.2) is 4.98 Å². The highest BCUT2D eigenvalue weighted by molar-refractivity contribution is 5.92. The van der Waals surface area contributed by atoms with E-state index in [0.29, 0.717) is 17.8 Å². The van der Waals surface area contributed by atoms with Crippen molar-refractivity contribution in [2.45, 2.75) is 13.5 Å². The zero-order valence-corrected chi connectivity index (χ0v) is 12.6. The van der Waals surface area contributed by atoms with Gasteiger partial charge in [-0.3, -0.25) is 9.89 Å². The fourth-order valence-electron chi connectivity index (χ4n) is 2.70. The number of aromatic nitrogens is 5. The van der Waals surface area contributed by atoms with Gasteiger partial charge in [-0.2, -0.15) is 5.10 Å². The lowest BCUT2D eigenvalue weighted by Gasteiger charge is -2.06. The molecule has 0 saturated carbocycles. The molecule has 4 aromatic rings. The van der Waals surface area contributed by atoms with E-state index in [1.807, 2.05) is 47.9 Å². The Bertz CT molecular complexity index is 1040. The number of hydrogen-bond acceptors (Lipinski definition) is 3. The van der Waals surface area contributed by atoms with E-state index < -0.39 is 0 Å². The van der Waals surface area contributed by atoms with E-state index in [4.69, 9.17) is 0 Å². The molecule has 114 valence electrons. The number of hydrogen-bond donors (Lipinski definition) is 2. The summed E-state index contributed by atoms with van der Waals surface area (Å²) in [5, 5.41) is 8.18. The molecule has 0 bridgehead atoms. The maximum absolute atomic E-state index is 12.5. The van der Waals surface area contributed by atoms with Gasteiger partial charge in [0.1, 0.15) is 5.69 Å². The van der Waals surface area contributed by atoms with Crippen molar-refractivity contribution in [3.05, 3.63) is 70.7 Å². The molecular weight excluding hydrogens is 290 g/mol. The highest BCUT2D eigenvalue weighted by atomic mass is 16.1. The molecule has 2 N–H and O–H groups in total. The van der Waals surface area contributed by atoms with Gasteiger partial charge in [-0.05, 0) is 25.1 Å². The van der Waals surface area contributed by atoms with Gasteiger partial charge in [0.25, 0.3) is 5.56 Å². The highest BCUT2D eigenvalue weighted by Crippen LogP contribution is 2.23. The smallest absolute Gasteiger partial charge is 0.257 e. The minimum absolute atomic E-state index is 0.141. The number of imidazole rings is 1. The number of para-hydroxylation sites is 1. The monoisotopic (exact) mass is 305 g/mol. The molecule has 0 aliphatic rings. The number of rotatable bonds is 3. The Morgan fingerprint density at radius 1 is 1.17 bits per heavy atom. The fraction of sp³-hybridized carbons (Fsp3) is 0.118. The molecule has 1 aromatic carbocycles. The maximum atomic E-state index is 12.5. The highest BCUT2D eigenvalue weighted by Gasteiger charge is 2.11. The second-order valence-electron chi connectivity index (χ2n) is 5.51. The molecule has 0 saturated heterocycles. The first-order valence-electron chi connectivity index (χ1n) is 7.35. The van der Waals surface area contributed by atoms with Crippen molar-refractivity contribution in [1.82, 2.24) is 24.7 Å². The number of aryl methyl sites for hydroxylation is 1. The Labute approximate surface area is 131 Å². The van der Waals surface area contributed by atoms with Gasteiger partial charge in [0, 0.05) is 23.0 Å². The molecule has 0 aliphatic carbocycles. The lowest BCUT2D eigenvalue weighted by Crippen LogP contribution is -2.13. The van der Waals surface area contributed by atoms with Gasteiger partial charge in [0.15, 0.2) is 0 Å². The average Bonchev–Trinajstić information content (AvgIpc) is 3.15. The summed E-state index contributed by atoms with van der Waals surface area (Å²) in [6.07, 6.45) is 3.55. The molecule has 23 heavy (non-hydrogen) atoms. The van der Waals surface area contributed by atoms with Gasteiger partial charge in [-0.1, -0.05) is 18.2 Å². The van der Waals surface area contributed by atoms with Crippen LogP contribution < -0.4 is 5.56 Å². The fourth-order valence-corrected chi connectivity index (χ4v) is 2.70. The van der Waals surface area contributed by atoms with E-state index >= 15 is 0 Å². The van der Waals surface area contributed by atoms with Crippen LogP contribution in [-0.4, -0.2) is 24.7 Å². The first kappa shape index (κ1) is 13.5. The van der Waals surface area contributed by atoms with Gasteiger partial charge in [0.05, 0.1) is 24.0 Å². The molecule has 0 spiro atoms. The minimum atomic E-state index is -0.141. The molecule has 0 aliphatic heterocycles. The van der Waals surface area contributed by atoms with E-state index in [1.165, 1.54) is 0 Å². The third kappa shape index (κ3) is 2.34. The Balaban J connectivity index is 1.74. The van der Waals surface area contributed by atoms with Crippen molar-refractivity contribution in [3.8, 4) is 11.3 Å². The lowest BCUT2D eigenvalue weighted by molar-refractivity contribution is 0.746. The third-order valence-electron chi connectivity index (χ3n) is 3.96. The summed E-state index contributed by atoms with van der Waals surface area (Å²) < 4.78 is 1.98. The van der Waals surface area contributed by atoms with Crippen LogP contribution in [0, 0.1) is 6.92 Å². The summed E-state index contributed by atoms with van der Waals surface area (Å²) in [4.78, 5) is 19.5. The van der Waals surface area contributed by atoms with E-state index in [9.17, 15) is 4.79 Å². The zero-order chi connectivity index (χ0) is 15.8. The third-order valence-corrected chi connectivity index (χ3v) is 3.96. The standard InChI is InChI=1S/C17H15N5O/c1-11-8-18-10-22(11)9-12-6-7-14(17(23)19-12)16-13-4-2-3-5-15(13)20-21-16/h2-8,10H,9H2,1H3,(H,19,23)(H,20,21). The second kappa shape index (κ2) is 5.24. The molecule has 4 rings (SSSR count). The first-order chi connectivity index (χ1) is 11.2. The van der Waals surface area contributed by atoms with Gasteiger partial charge >= 0.3 is 0 Å². The second-order valence-corrected chi connectivity index (χ2v) is 5.51. The van der Waals surface area contributed by atoms with Crippen molar-refractivity contribution in [2.24, 2.45) is 0 Å². The van der Waals surface area contributed by atoms with Crippen molar-refractivity contribution in [3.63, 3.8) is 0 Å². The van der Waals surface area contributed by atoms with E-state index in [1.54, 1.807) is 12.5 Å². The average molecular weight is 305 g/mol. The minimum Gasteiger partial charge on any atom is -0.329 e. The molecule has 0 amide bonds. The molecule has 6 nitrogen and oxygen atoms in total. The maximum Gasteiger partial charge on any atom is 0.257 e. The molecule has 3 heterocycles. The van der Waals surface area contributed by atoms with Crippen LogP contribution in [-0.2, 0) is 6.54 Å². The summed E-state index contributed by atoms with van der Waals surface area (Å²) in [7, 11) is 0. The SMILES string of the molecule is Cc1cncn1Cc1ccc(-c2n[nH]c3ccccc23)c(=O)[nH]1. The number of aromatic amines is 2. The molecular formula is C17H15N5O. The predicted molar refractivity (Wildman–Crippen MR) is 88.2 cm³/mol. The summed E-state index contributed by atoms with van der Waals surface area (Å²) in [5.74, 6) is 0. The molecule has 0 fully saturated rings. The molecule has 6 heteroatoms. The number of nitrogens with one attached hydrogen (secondary N) is 2. The number of fused-ring (bicyclic) bond motifs is 1. The normalized spacial score (nSPS) is 11.2. The van der Waals surface area contributed by atoms with Gasteiger partial charge in [-0.15, -0.1) is 0 Å². The van der Waals surface area contributed by atoms with Crippen molar-refractivity contribution < 1.29 is 0 Å². The topological polar surface area (TPSA) is 79.4 Å². The van der Waals surface area contributed by atoms with Gasteiger partial charge in [0.2, 0.25) is 0 Å². The Morgan fingerprint density at radius 2 is 2.04 bits per heavy atom.